The molecule has 1 aromatic carbocycles. The van der Waals surface area contributed by atoms with E-state index in [1.807, 2.05) is 38.1 Å². The molecule has 0 atom stereocenters. The normalized spacial score (nSPS) is 9.46. The Labute approximate surface area is 84.0 Å². The van der Waals surface area contributed by atoms with Crippen molar-refractivity contribution in [1.29, 1.82) is 0 Å². The molecular formula is C11H13ClO. The van der Waals surface area contributed by atoms with Crippen molar-refractivity contribution in [3.8, 4) is 5.75 Å². The summed E-state index contributed by atoms with van der Waals surface area (Å²) < 4.78 is 5.44. The van der Waals surface area contributed by atoms with Gasteiger partial charge >= 0.3 is 0 Å². The average molecular weight is 197 g/mol. The van der Waals surface area contributed by atoms with Gasteiger partial charge in [0.25, 0.3) is 0 Å². The molecule has 0 heterocycles. The minimum Gasteiger partial charge on any atom is -0.489 e. The molecule has 0 amide bonds. The van der Waals surface area contributed by atoms with Crippen LogP contribution in [0.4, 0.5) is 0 Å². The summed E-state index contributed by atoms with van der Waals surface area (Å²) in [5, 5.41) is 0.703. The van der Waals surface area contributed by atoms with Gasteiger partial charge in [-0.25, -0.2) is 0 Å². The Morgan fingerprint density at radius 3 is 2.85 bits per heavy atom. The van der Waals surface area contributed by atoms with Gasteiger partial charge in [-0.3, -0.25) is 0 Å². The number of rotatable bonds is 3. The van der Waals surface area contributed by atoms with Crippen molar-refractivity contribution >= 4 is 11.6 Å². The van der Waals surface area contributed by atoms with E-state index in [4.69, 9.17) is 16.3 Å². The van der Waals surface area contributed by atoms with Crippen LogP contribution in [0.25, 0.3) is 0 Å². The zero-order valence-electron chi connectivity index (χ0n) is 7.88. The lowest BCUT2D eigenvalue weighted by Crippen LogP contribution is -1.93. The zero-order valence-corrected chi connectivity index (χ0v) is 8.64. The molecule has 0 fully saturated rings. The number of hydrogen-bond donors (Lipinski definition) is 0. The quantitative estimate of drug-likeness (QED) is 0.671. The lowest BCUT2D eigenvalue weighted by Gasteiger charge is -2.03. The summed E-state index contributed by atoms with van der Waals surface area (Å²) in [7, 11) is 0. The van der Waals surface area contributed by atoms with E-state index in [1.165, 1.54) is 5.57 Å². The van der Waals surface area contributed by atoms with Gasteiger partial charge in [0.15, 0.2) is 0 Å². The van der Waals surface area contributed by atoms with Gasteiger partial charge in [-0.2, -0.15) is 0 Å². The van der Waals surface area contributed by atoms with E-state index >= 15 is 0 Å². The number of benzene rings is 1. The Kier molecular flexibility index (Phi) is 3.84. The predicted molar refractivity (Wildman–Crippen MR) is 56.4 cm³/mol. The summed E-state index contributed by atoms with van der Waals surface area (Å²) in [5.41, 5.74) is 1.25. The number of ether oxygens (including phenoxy) is 1. The van der Waals surface area contributed by atoms with Crippen molar-refractivity contribution in [1.82, 2.24) is 0 Å². The molecule has 0 aliphatic carbocycles. The highest BCUT2D eigenvalue weighted by atomic mass is 35.5. The number of hydrogen-bond acceptors (Lipinski definition) is 1. The minimum absolute atomic E-state index is 0.600. The van der Waals surface area contributed by atoms with Crippen molar-refractivity contribution < 1.29 is 4.74 Å². The van der Waals surface area contributed by atoms with E-state index in [2.05, 4.69) is 0 Å². The van der Waals surface area contributed by atoms with Crippen molar-refractivity contribution in [2.24, 2.45) is 0 Å². The Bertz CT molecular complexity index is 301. The molecule has 13 heavy (non-hydrogen) atoms. The van der Waals surface area contributed by atoms with Crippen LogP contribution in [0, 0.1) is 0 Å². The largest absolute Gasteiger partial charge is 0.489 e. The molecule has 1 nitrogen and oxygen atoms in total. The zero-order chi connectivity index (χ0) is 9.68. The van der Waals surface area contributed by atoms with Crippen molar-refractivity contribution in [2.75, 3.05) is 6.61 Å². The molecule has 0 bridgehead atoms. The monoisotopic (exact) mass is 196 g/mol. The van der Waals surface area contributed by atoms with Crippen LogP contribution in [-0.2, 0) is 0 Å². The maximum Gasteiger partial charge on any atom is 0.121 e. The maximum atomic E-state index is 5.79. The molecule has 0 unspecified atom stereocenters. The molecule has 70 valence electrons. The number of allylic oxidation sites excluding steroid dienone is 1. The smallest absolute Gasteiger partial charge is 0.121 e. The second-order valence-corrected chi connectivity index (χ2v) is 3.49. The van der Waals surface area contributed by atoms with Crippen molar-refractivity contribution in [3.05, 3.63) is 40.9 Å². The van der Waals surface area contributed by atoms with Gasteiger partial charge in [-0.1, -0.05) is 23.2 Å². The molecule has 0 aliphatic rings. The first kappa shape index (κ1) is 10.1. The molecule has 0 N–H and O–H groups in total. The van der Waals surface area contributed by atoms with Crippen LogP contribution in [-0.4, -0.2) is 6.61 Å². The molecule has 0 radical (unpaired) electrons. The van der Waals surface area contributed by atoms with Crippen LogP contribution in [0.3, 0.4) is 0 Å². The van der Waals surface area contributed by atoms with Crippen LogP contribution < -0.4 is 4.74 Å². The highest BCUT2D eigenvalue weighted by Crippen LogP contribution is 2.16. The molecule has 0 saturated heterocycles. The third kappa shape index (κ3) is 4.00. The van der Waals surface area contributed by atoms with Crippen LogP contribution >= 0.6 is 11.6 Å². The average Bonchev–Trinajstić information content (AvgIpc) is 2.03. The Morgan fingerprint density at radius 1 is 1.46 bits per heavy atom. The fourth-order valence-electron chi connectivity index (χ4n) is 0.861. The number of halogens is 1. The summed E-state index contributed by atoms with van der Waals surface area (Å²) in [6.07, 6.45) is 2.03. The molecular weight excluding hydrogens is 184 g/mol. The molecule has 0 saturated carbocycles. The van der Waals surface area contributed by atoms with E-state index in [0.29, 0.717) is 11.6 Å². The van der Waals surface area contributed by atoms with Gasteiger partial charge in [-0.15, -0.1) is 0 Å². The second-order valence-electron chi connectivity index (χ2n) is 3.05. The van der Waals surface area contributed by atoms with Gasteiger partial charge < -0.3 is 4.74 Å². The first-order chi connectivity index (χ1) is 6.18. The Hall–Kier alpha value is -0.950. The highest BCUT2D eigenvalue weighted by molar-refractivity contribution is 6.30. The van der Waals surface area contributed by atoms with Crippen molar-refractivity contribution in [2.45, 2.75) is 13.8 Å². The first-order valence-corrected chi connectivity index (χ1v) is 4.58. The van der Waals surface area contributed by atoms with E-state index in [9.17, 15) is 0 Å². The summed E-state index contributed by atoms with van der Waals surface area (Å²) in [5.74, 6) is 0.810. The standard InChI is InChI=1S/C11H13ClO/c1-9(2)6-7-13-11-5-3-4-10(12)8-11/h3-6,8H,7H2,1-2H3. The molecule has 1 aromatic rings. The summed E-state index contributed by atoms with van der Waals surface area (Å²) in [6, 6.07) is 7.40. The summed E-state index contributed by atoms with van der Waals surface area (Å²) in [4.78, 5) is 0. The van der Waals surface area contributed by atoms with Crippen LogP contribution in [0.2, 0.25) is 5.02 Å². The minimum atomic E-state index is 0.600. The third-order valence-corrected chi connectivity index (χ3v) is 1.77. The lowest BCUT2D eigenvalue weighted by molar-refractivity contribution is 0.362. The Balaban J connectivity index is 2.50. The highest BCUT2D eigenvalue weighted by Gasteiger charge is 1.92. The van der Waals surface area contributed by atoms with Gasteiger partial charge in [0.2, 0.25) is 0 Å². The van der Waals surface area contributed by atoms with Crippen molar-refractivity contribution in [3.63, 3.8) is 0 Å². The molecule has 1 rings (SSSR count). The van der Waals surface area contributed by atoms with Gasteiger partial charge in [0, 0.05) is 5.02 Å². The molecule has 0 spiro atoms. The lowest BCUT2D eigenvalue weighted by atomic mass is 10.3. The Morgan fingerprint density at radius 2 is 2.23 bits per heavy atom. The van der Waals surface area contributed by atoms with E-state index in [0.717, 1.165) is 5.75 Å². The van der Waals surface area contributed by atoms with Gasteiger partial charge in [0.05, 0.1) is 0 Å². The van der Waals surface area contributed by atoms with Crippen LogP contribution in [0.5, 0.6) is 5.75 Å². The predicted octanol–water partition coefficient (Wildman–Crippen LogP) is 3.69. The fraction of sp³-hybridized carbons (Fsp3) is 0.273. The van der Waals surface area contributed by atoms with Gasteiger partial charge in [-0.05, 0) is 38.1 Å². The molecule has 0 aliphatic heterocycles. The van der Waals surface area contributed by atoms with E-state index in [1.54, 1.807) is 6.07 Å². The third-order valence-electron chi connectivity index (χ3n) is 1.54. The van der Waals surface area contributed by atoms with E-state index < -0.39 is 0 Å². The van der Waals surface area contributed by atoms with Crippen LogP contribution in [0.15, 0.2) is 35.9 Å². The molecule has 0 aromatic heterocycles. The van der Waals surface area contributed by atoms with Gasteiger partial charge in [0.1, 0.15) is 12.4 Å². The topological polar surface area (TPSA) is 9.23 Å². The first-order valence-electron chi connectivity index (χ1n) is 4.20. The fourth-order valence-corrected chi connectivity index (χ4v) is 1.04. The second kappa shape index (κ2) is 4.93. The molecule has 2 heteroatoms. The van der Waals surface area contributed by atoms with E-state index in [-0.39, 0.29) is 0 Å². The SMILES string of the molecule is CC(C)=CCOc1cccc(Cl)c1. The maximum absolute atomic E-state index is 5.79. The summed E-state index contributed by atoms with van der Waals surface area (Å²) >= 11 is 5.79. The summed E-state index contributed by atoms with van der Waals surface area (Å²) in [6.45, 7) is 4.69. The van der Waals surface area contributed by atoms with Crippen LogP contribution in [0.1, 0.15) is 13.8 Å².